The molecule has 2 heterocycles. The van der Waals surface area contributed by atoms with Crippen LogP contribution in [0.4, 0.5) is 0 Å². The number of nitrogens with one attached hydrogen (secondary N) is 2. The zero-order chi connectivity index (χ0) is 15.3. The van der Waals surface area contributed by atoms with Gasteiger partial charge in [0.25, 0.3) is 15.9 Å². The number of carbonyl (C=O) groups excluding carboxylic acids is 1. The van der Waals surface area contributed by atoms with E-state index < -0.39 is 10.0 Å². The van der Waals surface area contributed by atoms with Gasteiger partial charge in [0.1, 0.15) is 0 Å². The number of hydrogen-bond acceptors (Lipinski definition) is 5. The first-order valence-electron chi connectivity index (χ1n) is 6.16. The lowest BCUT2D eigenvalue weighted by Gasteiger charge is -2.06. The summed E-state index contributed by atoms with van der Waals surface area (Å²) in [6.07, 6.45) is 6.35. The Morgan fingerprint density at radius 3 is 2.76 bits per heavy atom. The first-order valence-corrected chi connectivity index (χ1v) is 7.65. The van der Waals surface area contributed by atoms with Crippen molar-refractivity contribution in [3.8, 4) is 0 Å². The molecule has 112 valence electrons. The minimum absolute atomic E-state index is 0.125. The van der Waals surface area contributed by atoms with Gasteiger partial charge < -0.3 is 9.88 Å². The number of sulfonamides is 1. The second-order valence-corrected chi connectivity index (χ2v) is 5.98. The molecule has 9 heteroatoms. The molecule has 0 spiro atoms. The number of rotatable bonds is 6. The van der Waals surface area contributed by atoms with Gasteiger partial charge in [0.05, 0.1) is 11.9 Å². The number of imidazole rings is 1. The Balaban J connectivity index is 1.94. The lowest BCUT2D eigenvalue weighted by Crippen LogP contribution is -2.27. The lowest BCUT2D eigenvalue weighted by atomic mass is 10.3. The monoisotopic (exact) mass is 309 g/mol. The Bertz CT molecular complexity index is 695. The molecule has 2 aromatic rings. The van der Waals surface area contributed by atoms with Crippen LogP contribution in [0.2, 0.25) is 0 Å². The van der Waals surface area contributed by atoms with Gasteiger partial charge >= 0.3 is 0 Å². The van der Waals surface area contributed by atoms with Crippen LogP contribution in [0.15, 0.2) is 42.1 Å². The molecule has 0 saturated heterocycles. The van der Waals surface area contributed by atoms with E-state index in [4.69, 9.17) is 0 Å². The smallest absolute Gasteiger partial charge is 0.257 e. The van der Waals surface area contributed by atoms with Crippen LogP contribution in [0.3, 0.4) is 0 Å². The highest BCUT2D eigenvalue weighted by atomic mass is 32.2. The van der Waals surface area contributed by atoms with Gasteiger partial charge in [0, 0.05) is 31.7 Å². The summed E-state index contributed by atoms with van der Waals surface area (Å²) in [4.78, 5) is 19.5. The SMILES string of the molecule is CNS(=O)(=O)c1ccc(C(=O)NCCn2ccnc2)cn1. The molecule has 0 unspecified atom stereocenters. The standard InChI is InChI=1S/C12H15N5O3S/c1-13-21(19,20)11-3-2-10(8-16-11)12(18)15-5-7-17-6-4-14-9-17/h2-4,6,8-9,13H,5,7H2,1H3,(H,15,18). The molecule has 8 nitrogen and oxygen atoms in total. The maximum absolute atomic E-state index is 11.9. The zero-order valence-corrected chi connectivity index (χ0v) is 12.2. The van der Waals surface area contributed by atoms with E-state index in [9.17, 15) is 13.2 Å². The van der Waals surface area contributed by atoms with Crippen molar-refractivity contribution in [1.82, 2.24) is 24.6 Å². The maximum Gasteiger partial charge on any atom is 0.257 e. The summed E-state index contributed by atoms with van der Waals surface area (Å²) in [5.74, 6) is -0.309. The highest BCUT2D eigenvalue weighted by molar-refractivity contribution is 7.89. The molecule has 0 radical (unpaired) electrons. The Morgan fingerprint density at radius 2 is 2.19 bits per heavy atom. The molecule has 0 aliphatic rings. The van der Waals surface area contributed by atoms with E-state index in [1.165, 1.54) is 25.4 Å². The largest absolute Gasteiger partial charge is 0.350 e. The first kappa shape index (κ1) is 15.1. The van der Waals surface area contributed by atoms with Crippen LogP contribution in [0.25, 0.3) is 0 Å². The second kappa shape index (κ2) is 6.46. The van der Waals surface area contributed by atoms with Crippen molar-refractivity contribution in [2.75, 3.05) is 13.6 Å². The van der Waals surface area contributed by atoms with Gasteiger partial charge in [0.15, 0.2) is 5.03 Å². The number of carbonyl (C=O) groups is 1. The van der Waals surface area contributed by atoms with Crippen molar-refractivity contribution in [3.05, 3.63) is 42.6 Å². The molecule has 0 saturated carbocycles. The Morgan fingerprint density at radius 1 is 1.38 bits per heavy atom. The van der Waals surface area contributed by atoms with Gasteiger partial charge in [-0.2, -0.15) is 0 Å². The molecule has 0 aliphatic carbocycles. The minimum atomic E-state index is -3.59. The summed E-state index contributed by atoms with van der Waals surface area (Å²) in [6.45, 7) is 1.04. The third kappa shape index (κ3) is 3.86. The van der Waals surface area contributed by atoms with Crippen molar-refractivity contribution < 1.29 is 13.2 Å². The fourth-order valence-corrected chi connectivity index (χ4v) is 2.25. The summed E-state index contributed by atoms with van der Waals surface area (Å²) < 4.78 is 27.0. The van der Waals surface area contributed by atoms with Gasteiger partial charge in [-0.15, -0.1) is 0 Å². The Labute approximate surface area is 122 Å². The number of hydrogen-bond donors (Lipinski definition) is 2. The van der Waals surface area contributed by atoms with E-state index in [1.807, 2.05) is 4.57 Å². The predicted octanol–water partition coefficient (Wildman–Crippen LogP) is -0.384. The highest BCUT2D eigenvalue weighted by Gasteiger charge is 2.14. The van der Waals surface area contributed by atoms with Crippen LogP contribution in [0, 0.1) is 0 Å². The number of amides is 1. The fraction of sp³-hybridized carbons (Fsp3) is 0.250. The summed E-state index contributed by atoms with van der Waals surface area (Å²) in [6, 6.07) is 2.71. The molecule has 2 rings (SSSR count). The third-order valence-electron chi connectivity index (χ3n) is 2.76. The average molecular weight is 309 g/mol. The van der Waals surface area contributed by atoms with Gasteiger partial charge in [-0.05, 0) is 19.2 Å². The quantitative estimate of drug-likeness (QED) is 0.756. The highest BCUT2D eigenvalue weighted by Crippen LogP contribution is 2.06. The van der Waals surface area contributed by atoms with Crippen molar-refractivity contribution in [2.24, 2.45) is 0 Å². The topological polar surface area (TPSA) is 106 Å². The van der Waals surface area contributed by atoms with Crippen LogP contribution in [0.1, 0.15) is 10.4 Å². The predicted molar refractivity (Wildman–Crippen MR) is 75.0 cm³/mol. The van der Waals surface area contributed by atoms with Crippen molar-refractivity contribution in [2.45, 2.75) is 11.6 Å². The molecule has 0 fully saturated rings. The average Bonchev–Trinajstić information content (AvgIpc) is 3.00. The van der Waals surface area contributed by atoms with Crippen molar-refractivity contribution >= 4 is 15.9 Å². The van der Waals surface area contributed by atoms with Crippen LogP contribution in [-0.4, -0.2) is 42.5 Å². The van der Waals surface area contributed by atoms with Gasteiger partial charge in [-0.1, -0.05) is 0 Å². The normalized spacial score (nSPS) is 11.3. The summed E-state index contributed by atoms with van der Waals surface area (Å²) in [7, 11) is -2.29. The molecule has 0 aliphatic heterocycles. The van der Waals surface area contributed by atoms with Gasteiger partial charge in [0.2, 0.25) is 0 Å². The molecular weight excluding hydrogens is 294 g/mol. The number of pyridine rings is 1. The Kier molecular flexibility index (Phi) is 4.66. The third-order valence-corrected chi connectivity index (χ3v) is 4.09. The van der Waals surface area contributed by atoms with Gasteiger partial charge in [-0.3, -0.25) is 4.79 Å². The van der Waals surface area contributed by atoms with E-state index in [0.717, 1.165) is 0 Å². The van der Waals surface area contributed by atoms with E-state index >= 15 is 0 Å². The Hall–Kier alpha value is -2.26. The number of nitrogens with zero attached hydrogens (tertiary/aromatic N) is 3. The molecular formula is C12H15N5O3S. The maximum atomic E-state index is 11.9. The first-order chi connectivity index (χ1) is 10.0. The van der Waals surface area contributed by atoms with Crippen LogP contribution < -0.4 is 10.0 Å². The molecule has 2 N–H and O–H groups in total. The summed E-state index contributed by atoms with van der Waals surface area (Å²) in [5.41, 5.74) is 0.302. The van der Waals surface area contributed by atoms with Crippen molar-refractivity contribution in [3.63, 3.8) is 0 Å². The molecule has 1 amide bonds. The van der Waals surface area contributed by atoms with Crippen molar-refractivity contribution in [1.29, 1.82) is 0 Å². The van der Waals surface area contributed by atoms with E-state index in [0.29, 0.717) is 18.7 Å². The molecule has 0 aromatic carbocycles. The summed E-state index contributed by atoms with van der Waals surface area (Å²) >= 11 is 0. The van der Waals surface area contributed by atoms with Crippen LogP contribution in [0.5, 0.6) is 0 Å². The fourth-order valence-electron chi connectivity index (χ4n) is 1.60. The summed E-state index contributed by atoms with van der Waals surface area (Å²) in [5, 5.41) is 2.59. The lowest BCUT2D eigenvalue weighted by molar-refractivity contribution is 0.0951. The molecule has 0 atom stereocenters. The molecule has 0 bridgehead atoms. The number of aromatic nitrogens is 3. The van der Waals surface area contributed by atoms with Gasteiger partial charge in [-0.25, -0.2) is 23.1 Å². The molecule has 21 heavy (non-hydrogen) atoms. The van der Waals surface area contributed by atoms with E-state index in [2.05, 4.69) is 20.0 Å². The van der Waals surface area contributed by atoms with E-state index in [1.54, 1.807) is 18.7 Å². The van der Waals surface area contributed by atoms with E-state index in [-0.39, 0.29) is 10.9 Å². The zero-order valence-electron chi connectivity index (χ0n) is 11.4. The minimum Gasteiger partial charge on any atom is -0.350 e. The second-order valence-electron chi connectivity index (χ2n) is 4.15. The van der Waals surface area contributed by atoms with Crippen LogP contribution in [-0.2, 0) is 16.6 Å². The van der Waals surface area contributed by atoms with Crippen LogP contribution >= 0.6 is 0 Å². The molecule has 2 aromatic heterocycles.